The van der Waals surface area contributed by atoms with Gasteiger partial charge in [-0.05, 0) is 25.0 Å². The van der Waals surface area contributed by atoms with E-state index in [-0.39, 0.29) is 5.69 Å². The second-order valence-electron chi connectivity index (χ2n) is 5.54. The van der Waals surface area contributed by atoms with E-state index in [1.807, 2.05) is 4.72 Å². The maximum atomic E-state index is 10.8. The maximum absolute atomic E-state index is 10.8. The molecular formula is C14H18N2O4S. The third-order valence-corrected chi connectivity index (χ3v) is 4.48. The zero-order chi connectivity index (χ0) is 14.9. The normalized spacial score (nSPS) is 17.8. The molecule has 0 atom stereocenters. The Morgan fingerprint density at radius 1 is 1.19 bits per heavy atom. The third kappa shape index (κ3) is 3.36. The Kier molecular flexibility index (Phi) is 3.86. The molecule has 2 N–H and O–H groups in total. The van der Waals surface area contributed by atoms with Crippen molar-refractivity contribution in [2.75, 3.05) is 4.72 Å². The van der Waals surface area contributed by atoms with Gasteiger partial charge < -0.3 is 4.52 Å². The molecule has 0 saturated heterocycles. The Balaban J connectivity index is 1.91. The van der Waals surface area contributed by atoms with E-state index >= 15 is 0 Å². The lowest BCUT2D eigenvalue weighted by Gasteiger charge is -2.10. The van der Waals surface area contributed by atoms with Crippen molar-refractivity contribution in [2.24, 2.45) is 0 Å². The Morgan fingerprint density at radius 3 is 2.57 bits per heavy atom. The van der Waals surface area contributed by atoms with Crippen LogP contribution in [0.25, 0.3) is 11.0 Å². The lowest BCUT2D eigenvalue weighted by molar-refractivity contribution is 0.428. The highest BCUT2D eigenvalue weighted by atomic mass is 32.2. The molecule has 1 aliphatic carbocycles. The summed E-state index contributed by atoms with van der Waals surface area (Å²) < 4.78 is 37.8. The molecule has 1 aromatic carbocycles. The van der Waals surface area contributed by atoms with E-state index in [1.54, 1.807) is 12.1 Å². The van der Waals surface area contributed by atoms with Gasteiger partial charge in [-0.1, -0.05) is 30.8 Å². The molecule has 1 saturated carbocycles. The van der Waals surface area contributed by atoms with Gasteiger partial charge in [0.1, 0.15) is 0 Å². The summed E-state index contributed by atoms with van der Waals surface area (Å²) in [6.07, 6.45) is 7.20. The molecule has 1 heterocycles. The van der Waals surface area contributed by atoms with Crippen molar-refractivity contribution in [3.63, 3.8) is 0 Å². The van der Waals surface area contributed by atoms with E-state index in [0.717, 1.165) is 23.9 Å². The molecule has 1 aromatic heterocycles. The van der Waals surface area contributed by atoms with E-state index in [9.17, 15) is 8.42 Å². The molecule has 0 amide bonds. The first-order valence-corrected chi connectivity index (χ1v) is 8.61. The molecule has 0 aliphatic heterocycles. The van der Waals surface area contributed by atoms with E-state index in [2.05, 4.69) is 5.16 Å². The minimum Gasteiger partial charge on any atom is -0.356 e. The van der Waals surface area contributed by atoms with Crippen molar-refractivity contribution in [3.8, 4) is 0 Å². The highest BCUT2D eigenvalue weighted by molar-refractivity contribution is 7.87. The number of aromatic nitrogens is 1. The molecule has 0 bridgehead atoms. The van der Waals surface area contributed by atoms with E-state index in [4.69, 9.17) is 9.08 Å². The van der Waals surface area contributed by atoms with E-state index < -0.39 is 10.3 Å². The summed E-state index contributed by atoms with van der Waals surface area (Å²) in [4.78, 5) is 0. The lowest BCUT2D eigenvalue weighted by Crippen LogP contribution is -2.10. The van der Waals surface area contributed by atoms with Crippen molar-refractivity contribution in [2.45, 2.75) is 44.4 Å². The quantitative estimate of drug-likeness (QED) is 0.669. The van der Waals surface area contributed by atoms with Crippen molar-refractivity contribution in [3.05, 3.63) is 23.9 Å². The van der Waals surface area contributed by atoms with Gasteiger partial charge in [0, 0.05) is 17.4 Å². The Labute approximate surface area is 123 Å². The Morgan fingerprint density at radius 2 is 1.90 bits per heavy atom. The predicted octanol–water partition coefficient (Wildman–Crippen LogP) is 3.48. The second-order valence-corrected chi connectivity index (χ2v) is 6.70. The minimum atomic E-state index is -4.28. The molecule has 1 fully saturated rings. The van der Waals surface area contributed by atoms with Gasteiger partial charge in [-0.15, -0.1) is 0 Å². The molecule has 7 heteroatoms. The zero-order valence-corrected chi connectivity index (χ0v) is 12.4. The number of rotatable bonds is 3. The van der Waals surface area contributed by atoms with E-state index in [1.165, 1.54) is 31.7 Å². The van der Waals surface area contributed by atoms with Crippen LogP contribution in [0.3, 0.4) is 0 Å². The number of hydrogen-bond donors (Lipinski definition) is 2. The van der Waals surface area contributed by atoms with Crippen LogP contribution < -0.4 is 4.72 Å². The van der Waals surface area contributed by atoms with Gasteiger partial charge in [-0.3, -0.25) is 9.27 Å². The fourth-order valence-corrected chi connectivity index (χ4v) is 3.44. The van der Waals surface area contributed by atoms with Gasteiger partial charge in [0.05, 0.1) is 11.4 Å². The SMILES string of the molecule is O=S(=O)(O)Nc1ccc2c(C3CCCCCC3)noc2c1. The summed E-state index contributed by atoms with van der Waals surface area (Å²) in [7, 11) is -4.28. The van der Waals surface area contributed by atoms with E-state index in [0.29, 0.717) is 11.5 Å². The Bertz CT molecular complexity index is 731. The van der Waals surface area contributed by atoms with Crippen LogP contribution in [-0.2, 0) is 10.3 Å². The predicted molar refractivity (Wildman–Crippen MR) is 79.6 cm³/mol. The molecule has 6 nitrogen and oxygen atoms in total. The van der Waals surface area contributed by atoms with Gasteiger partial charge in [-0.25, -0.2) is 0 Å². The lowest BCUT2D eigenvalue weighted by atomic mass is 9.94. The molecule has 0 radical (unpaired) electrons. The molecule has 1 aliphatic rings. The fraction of sp³-hybridized carbons (Fsp3) is 0.500. The maximum Gasteiger partial charge on any atom is 0.357 e. The number of fused-ring (bicyclic) bond motifs is 1. The molecule has 0 unspecified atom stereocenters. The Hall–Kier alpha value is -1.60. The first-order chi connectivity index (χ1) is 10.0. The van der Waals surface area contributed by atoms with Gasteiger partial charge in [0.2, 0.25) is 0 Å². The molecule has 3 rings (SSSR count). The van der Waals surface area contributed by atoms with Crippen molar-refractivity contribution in [1.82, 2.24) is 5.16 Å². The number of benzene rings is 1. The monoisotopic (exact) mass is 310 g/mol. The summed E-state index contributed by atoms with van der Waals surface area (Å²) in [5.41, 5.74) is 1.75. The van der Waals surface area contributed by atoms with Gasteiger partial charge >= 0.3 is 10.3 Å². The minimum absolute atomic E-state index is 0.258. The smallest absolute Gasteiger partial charge is 0.356 e. The topological polar surface area (TPSA) is 92.4 Å². The van der Waals surface area contributed by atoms with Crippen molar-refractivity contribution >= 4 is 27.0 Å². The van der Waals surface area contributed by atoms with Gasteiger partial charge in [-0.2, -0.15) is 8.42 Å². The molecule has 2 aromatic rings. The number of anilines is 1. The largest absolute Gasteiger partial charge is 0.357 e. The molecular weight excluding hydrogens is 292 g/mol. The number of nitrogens with one attached hydrogen (secondary N) is 1. The average molecular weight is 310 g/mol. The first-order valence-electron chi connectivity index (χ1n) is 7.17. The van der Waals surface area contributed by atoms with Crippen LogP contribution in [0, 0.1) is 0 Å². The first kappa shape index (κ1) is 14.3. The van der Waals surface area contributed by atoms with Crippen LogP contribution >= 0.6 is 0 Å². The fourth-order valence-electron chi connectivity index (χ4n) is 3.02. The van der Waals surface area contributed by atoms with Crippen LogP contribution in [-0.4, -0.2) is 18.1 Å². The van der Waals surface area contributed by atoms with Crippen molar-refractivity contribution in [1.29, 1.82) is 0 Å². The van der Waals surface area contributed by atoms with Gasteiger partial charge in [0.15, 0.2) is 5.58 Å². The standard InChI is InChI=1S/C14H18N2O4S/c17-21(18,19)16-11-7-8-12-13(9-11)20-15-14(12)10-5-3-1-2-4-6-10/h7-10,16H,1-6H2,(H,17,18,19). The highest BCUT2D eigenvalue weighted by Crippen LogP contribution is 2.35. The average Bonchev–Trinajstić information content (AvgIpc) is 2.64. The number of hydrogen-bond acceptors (Lipinski definition) is 4. The molecule has 21 heavy (non-hydrogen) atoms. The van der Waals surface area contributed by atoms with Gasteiger partial charge in [0.25, 0.3) is 0 Å². The third-order valence-electron chi connectivity index (χ3n) is 3.99. The summed E-state index contributed by atoms with van der Waals surface area (Å²) in [5.74, 6) is 0.411. The second kappa shape index (κ2) is 5.65. The van der Waals surface area contributed by atoms with Crippen molar-refractivity contribution < 1.29 is 17.5 Å². The molecule has 114 valence electrons. The van der Waals surface area contributed by atoms with Crippen LogP contribution in [0.2, 0.25) is 0 Å². The molecule has 0 spiro atoms. The zero-order valence-electron chi connectivity index (χ0n) is 11.6. The summed E-state index contributed by atoms with van der Waals surface area (Å²) in [5, 5.41) is 5.10. The number of nitrogens with zero attached hydrogens (tertiary/aromatic N) is 1. The van der Waals surface area contributed by atoms with Crippen LogP contribution in [0.4, 0.5) is 5.69 Å². The van der Waals surface area contributed by atoms with Crippen LogP contribution in [0.1, 0.15) is 50.1 Å². The highest BCUT2D eigenvalue weighted by Gasteiger charge is 2.21. The summed E-state index contributed by atoms with van der Waals surface area (Å²) >= 11 is 0. The van der Waals surface area contributed by atoms with Crippen LogP contribution in [0.5, 0.6) is 0 Å². The summed E-state index contributed by atoms with van der Waals surface area (Å²) in [6.45, 7) is 0. The summed E-state index contributed by atoms with van der Waals surface area (Å²) in [6, 6.07) is 4.93. The van der Waals surface area contributed by atoms with Crippen LogP contribution in [0.15, 0.2) is 22.7 Å².